The minimum Gasteiger partial charge on any atom is -0.352 e. The molecule has 5 nitrogen and oxygen atoms in total. The number of piperazine rings is 1. The van der Waals surface area contributed by atoms with Gasteiger partial charge in [0, 0.05) is 32.1 Å². The largest absolute Gasteiger partial charge is 0.352 e. The Balaban J connectivity index is 1.31. The average molecular weight is 340 g/mol. The highest BCUT2D eigenvalue weighted by Gasteiger charge is 2.26. The van der Waals surface area contributed by atoms with Crippen molar-refractivity contribution < 1.29 is 9.18 Å². The molecule has 0 N–H and O–H groups in total. The molecular weight excluding hydrogens is 319 g/mol. The van der Waals surface area contributed by atoms with Gasteiger partial charge in [0.2, 0.25) is 5.91 Å². The summed E-state index contributed by atoms with van der Waals surface area (Å²) in [6, 6.07) is 10.2. The lowest BCUT2D eigenvalue weighted by Crippen LogP contribution is -2.49. The average Bonchev–Trinajstić information content (AvgIpc) is 3.49. The van der Waals surface area contributed by atoms with Crippen LogP contribution in [0.5, 0.6) is 0 Å². The van der Waals surface area contributed by atoms with Gasteiger partial charge in [0.25, 0.3) is 0 Å². The number of anilines is 1. The van der Waals surface area contributed by atoms with Crippen LogP contribution in [0.2, 0.25) is 0 Å². The van der Waals surface area contributed by atoms with Crippen LogP contribution in [0.1, 0.15) is 30.0 Å². The molecule has 1 amide bonds. The van der Waals surface area contributed by atoms with Crippen molar-refractivity contribution in [3.8, 4) is 0 Å². The number of benzene rings is 1. The summed E-state index contributed by atoms with van der Waals surface area (Å²) in [5, 5.41) is 8.68. The number of aromatic nitrogens is 2. The number of hydrogen-bond donors (Lipinski definition) is 0. The van der Waals surface area contributed by atoms with E-state index in [0.717, 1.165) is 30.2 Å². The lowest BCUT2D eigenvalue weighted by atomic mass is 10.1. The van der Waals surface area contributed by atoms with Gasteiger partial charge in [0.05, 0.1) is 12.1 Å². The molecule has 0 spiro atoms. The van der Waals surface area contributed by atoms with Crippen LogP contribution in [0.3, 0.4) is 0 Å². The number of amides is 1. The third kappa shape index (κ3) is 3.78. The van der Waals surface area contributed by atoms with Crippen LogP contribution >= 0.6 is 0 Å². The number of carbonyl (C=O) groups is 1. The van der Waals surface area contributed by atoms with Crippen LogP contribution in [0.4, 0.5) is 10.2 Å². The summed E-state index contributed by atoms with van der Waals surface area (Å²) >= 11 is 0. The summed E-state index contributed by atoms with van der Waals surface area (Å²) in [6.45, 7) is 2.86. The Labute approximate surface area is 146 Å². The fourth-order valence-electron chi connectivity index (χ4n) is 3.17. The van der Waals surface area contributed by atoms with Crippen molar-refractivity contribution in [1.29, 1.82) is 0 Å². The van der Waals surface area contributed by atoms with Gasteiger partial charge >= 0.3 is 0 Å². The molecule has 0 unspecified atom stereocenters. The quantitative estimate of drug-likeness (QED) is 0.857. The zero-order valence-corrected chi connectivity index (χ0v) is 14.1. The van der Waals surface area contributed by atoms with Crippen LogP contribution in [-0.2, 0) is 11.2 Å². The molecular formula is C19H21FN4O. The van der Waals surface area contributed by atoms with Crippen LogP contribution in [0, 0.1) is 5.82 Å². The molecule has 0 atom stereocenters. The minimum atomic E-state index is -0.279. The Bertz CT molecular complexity index is 735. The Morgan fingerprint density at radius 1 is 1.00 bits per heavy atom. The molecule has 2 heterocycles. The van der Waals surface area contributed by atoms with Crippen molar-refractivity contribution >= 4 is 11.7 Å². The van der Waals surface area contributed by atoms with Gasteiger partial charge in [-0.15, -0.1) is 5.10 Å². The molecule has 1 saturated heterocycles. The predicted octanol–water partition coefficient (Wildman–Crippen LogP) is 2.38. The first kappa shape index (κ1) is 16.0. The summed E-state index contributed by atoms with van der Waals surface area (Å²) in [5.74, 6) is 1.30. The van der Waals surface area contributed by atoms with E-state index in [1.165, 1.54) is 25.0 Å². The van der Waals surface area contributed by atoms with Gasteiger partial charge in [-0.3, -0.25) is 4.79 Å². The molecule has 1 aromatic heterocycles. The number of halogens is 1. The first-order valence-electron chi connectivity index (χ1n) is 8.80. The molecule has 0 bridgehead atoms. The number of hydrogen-bond acceptors (Lipinski definition) is 4. The normalized spacial score (nSPS) is 17.6. The maximum absolute atomic E-state index is 12.9. The molecule has 1 aromatic carbocycles. The Hall–Kier alpha value is -2.50. The third-order valence-electron chi connectivity index (χ3n) is 4.89. The fraction of sp³-hybridized carbons (Fsp3) is 0.421. The molecule has 6 heteroatoms. The second-order valence-electron chi connectivity index (χ2n) is 6.76. The molecule has 2 aliphatic rings. The highest BCUT2D eigenvalue weighted by Crippen LogP contribution is 2.38. The van der Waals surface area contributed by atoms with Crippen LogP contribution < -0.4 is 4.90 Å². The van der Waals surface area contributed by atoms with Crippen molar-refractivity contribution in [3.63, 3.8) is 0 Å². The second-order valence-corrected chi connectivity index (χ2v) is 6.76. The van der Waals surface area contributed by atoms with E-state index in [9.17, 15) is 9.18 Å². The second kappa shape index (κ2) is 6.78. The molecule has 1 aliphatic carbocycles. The fourth-order valence-corrected chi connectivity index (χ4v) is 3.17. The van der Waals surface area contributed by atoms with E-state index in [-0.39, 0.29) is 11.7 Å². The lowest BCUT2D eigenvalue weighted by molar-refractivity contribution is -0.130. The van der Waals surface area contributed by atoms with Gasteiger partial charge in [0.15, 0.2) is 5.82 Å². The first-order chi connectivity index (χ1) is 12.2. The topological polar surface area (TPSA) is 49.3 Å². The summed E-state index contributed by atoms with van der Waals surface area (Å²) in [5.41, 5.74) is 1.94. The van der Waals surface area contributed by atoms with Crippen molar-refractivity contribution in [2.45, 2.75) is 25.2 Å². The van der Waals surface area contributed by atoms with Crippen LogP contribution in [0.25, 0.3) is 0 Å². The maximum Gasteiger partial charge on any atom is 0.227 e. The van der Waals surface area contributed by atoms with Crippen molar-refractivity contribution in [2.24, 2.45) is 0 Å². The van der Waals surface area contributed by atoms with Crippen LogP contribution in [-0.4, -0.2) is 47.2 Å². The third-order valence-corrected chi connectivity index (χ3v) is 4.89. The molecule has 1 saturated carbocycles. The van der Waals surface area contributed by atoms with E-state index >= 15 is 0 Å². The van der Waals surface area contributed by atoms with Crippen molar-refractivity contribution in [3.05, 3.63) is 53.5 Å². The molecule has 130 valence electrons. The van der Waals surface area contributed by atoms with E-state index < -0.39 is 0 Å². The van der Waals surface area contributed by atoms with Crippen molar-refractivity contribution in [1.82, 2.24) is 15.1 Å². The SMILES string of the molecule is O=C(Cc1ccc(F)cc1)N1CCN(c2ccc(C3CC3)nn2)CC1. The maximum atomic E-state index is 12.9. The van der Waals surface area contributed by atoms with E-state index in [0.29, 0.717) is 25.4 Å². The summed E-state index contributed by atoms with van der Waals surface area (Å²) < 4.78 is 12.9. The monoisotopic (exact) mass is 340 g/mol. The molecule has 0 radical (unpaired) electrons. The van der Waals surface area contributed by atoms with Gasteiger partial charge in [-0.2, -0.15) is 5.10 Å². The van der Waals surface area contributed by atoms with E-state index in [4.69, 9.17) is 0 Å². The molecule has 4 rings (SSSR count). The van der Waals surface area contributed by atoms with Gasteiger partial charge in [-0.1, -0.05) is 12.1 Å². The smallest absolute Gasteiger partial charge is 0.227 e. The van der Waals surface area contributed by atoms with E-state index in [1.54, 1.807) is 12.1 Å². The minimum absolute atomic E-state index is 0.0847. The zero-order chi connectivity index (χ0) is 17.2. The molecule has 2 aromatic rings. The number of carbonyl (C=O) groups excluding carboxylic acids is 1. The Morgan fingerprint density at radius 3 is 2.32 bits per heavy atom. The van der Waals surface area contributed by atoms with E-state index in [2.05, 4.69) is 21.2 Å². The zero-order valence-electron chi connectivity index (χ0n) is 14.1. The highest BCUT2D eigenvalue weighted by molar-refractivity contribution is 5.79. The Morgan fingerprint density at radius 2 is 1.72 bits per heavy atom. The lowest BCUT2D eigenvalue weighted by Gasteiger charge is -2.35. The summed E-state index contributed by atoms with van der Waals surface area (Å²) in [6.07, 6.45) is 2.77. The standard InChI is InChI=1S/C19H21FN4O/c20-16-5-1-14(2-6-16)13-19(25)24-11-9-23(10-12-24)18-8-7-17(21-22-18)15-3-4-15/h1-2,5-8,15H,3-4,9-13H2. The van der Waals surface area contributed by atoms with E-state index in [1.807, 2.05) is 11.0 Å². The summed E-state index contributed by atoms with van der Waals surface area (Å²) in [7, 11) is 0. The summed E-state index contributed by atoms with van der Waals surface area (Å²) in [4.78, 5) is 16.4. The first-order valence-corrected chi connectivity index (χ1v) is 8.80. The van der Waals surface area contributed by atoms with Gasteiger partial charge < -0.3 is 9.80 Å². The predicted molar refractivity (Wildman–Crippen MR) is 92.9 cm³/mol. The van der Waals surface area contributed by atoms with Gasteiger partial charge in [-0.05, 0) is 42.7 Å². The molecule has 2 fully saturated rings. The van der Waals surface area contributed by atoms with Gasteiger partial charge in [0.1, 0.15) is 5.82 Å². The molecule has 1 aliphatic heterocycles. The van der Waals surface area contributed by atoms with Gasteiger partial charge in [-0.25, -0.2) is 4.39 Å². The number of nitrogens with zero attached hydrogens (tertiary/aromatic N) is 4. The Kier molecular flexibility index (Phi) is 4.34. The number of rotatable bonds is 4. The van der Waals surface area contributed by atoms with Crippen molar-refractivity contribution in [2.75, 3.05) is 31.1 Å². The van der Waals surface area contributed by atoms with Crippen LogP contribution in [0.15, 0.2) is 36.4 Å². The molecule has 25 heavy (non-hydrogen) atoms. The highest BCUT2D eigenvalue weighted by atomic mass is 19.1.